The molecule has 0 amide bonds. The molecule has 0 saturated carbocycles. The van der Waals surface area contributed by atoms with E-state index in [4.69, 9.17) is 44.5 Å². The molecule has 1 aromatic heterocycles. The van der Waals surface area contributed by atoms with Crippen LogP contribution in [0.5, 0.6) is 5.75 Å². The number of allylic oxidation sites excluding steroid dienone is 4. The van der Waals surface area contributed by atoms with E-state index in [1.165, 1.54) is 36.4 Å². The third-order valence-corrected chi connectivity index (χ3v) is 13.3. The summed E-state index contributed by atoms with van der Waals surface area (Å²) >= 11 is 20.0. The Morgan fingerprint density at radius 1 is 0.833 bits per heavy atom. The third kappa shape index (κ3) is 8.93. The number of Topliss-reactive ketones (excluding diaryl/α,β-unsaturated/α-hetero) is 1. The van der Waals surface area contributed by atoms with Crippen molar-refractivity contribution in [2.75, 3.05) is 25.5 Å². The highest BCUT2D eigenvalue weighted by molar-refractivity contribution is 6.41. The lowest BCUT2D eigenvalue weighted by molar-refractivity contribution is -0.137. The molecule has 342 valence electrons. The number of carboxylic acids is 2. The van der Waals surface area contributed by atoms with E-state index >= 15 is 0 Å². The number of benzene rings is 4. The van der Waals surface area contributed by atoms with E-state index in [2.05, 4.69) is 5.32 Å². The number of carboxylic acid groups (broad SMARTS) is 2. The van der Waals surface area contributed by atoms with Gasteiger partial charge in [0.25, 0.3) is 0 Å². The number of nitrogens with one attached hydrogen (secondary N) is 1. The minimum atomic E-state index is -4.87. The van der Waals surface area contributed by atoms with Gasteiger partial charge < -0.3 is 29.7 Å². The average molecular weight is 962 g/mol. The minimum Gasteiger partial charge on any atom is -0.493 e. The van der Waals surface area contributed by atoms with Gasteiger partial charge in [-0.1, -0.05) is 59.1 Å². The lowest BCUT2D eigenvalue weighted by atomic mass is 9.89. The largest absolute Gasteiger partial charge is 0.493 e. The number of fused-ring (bicyclic) bond motifs is 2. The first kappa shape index (κ1) is 46.4. The number of hydrogen-bond donors (Lipinski definition) is 3. The number of nitrogens with zero attached hydrogens (tertiary/aromatic N) is 3. The fourth-order valence-electron chi connectivity index (χ4n) is 9.17. The van der Waals surface area contributed by atoms with Gasteiger partial charge >= 0.3 is 18.1 Å². The highest BCUT2D eigenvalue weighted by Crippen LogP contribution is 2.45. The van der Waals surface area contributed by atoms with Gasteiger partial charge in [0.2, 0.25) is 11.6 Å². The first-order valence-corrected chi connectivity index (χ1v) is 22.3. The molecule has 5 aromatic rings. The van der Waals surface area contributed by atoms with Gasteiger partial charge in [-0.3, -0.25) is 9.59 Å². The number of piperidine rings is 1. The summed E-state index contributed by atoms with van der Waals surface area (Å²) in [5.41, 5.74) is 3.77. The van der Waals surface area contributed by atoms with Gasteiger partial charge in [0, 0.05) is 48.7 Å². The van der Waals surface area contributed by atoms with Crippen LogP contribution in [-0.2, 0) is 19.1 Å². The van der Waals surface area contributed by atoms with E-state index in [0.29, 0.717) is 72.4 Å². The topological polar surface area (TPSA) is 151 Å². The van der Waals surface area contributed by atoms with Crippen LogP contribution < -0.4 is 10.1 Å². The van der Waals surface area contributed by atoms with Gasteiger partial charge in [-0.2, -0.15) is 13.2 Å². The number of aromatic nitrogens is 2. The molecule has 1 atom stereocenters. The number of hydrogen-bond acceptors (Lipinski definition) is 8. The Labute approximate surface area is 392 Å². The van der Waals surface area contributed by atoms with E-state index in [1.807, 2.05) is 4.57 Å². The Kier molecular flexibility index (Phi) is 13.1. The number of carbonyl (C=O) groups excluding carboxylic acids is 2. The van der Waals surface area contributed by atoms with Crippen molar-refractivity contribution in [1.29, 1.82) is 0 Å². The van der Waals surface area contributed by atoms with Crippen molar-refractivity contribution in [1.82, 2.24) is 14.5 Å². The maximum atomic E-state index is 14.6. The second kappa shape index (κ2) is 18.7. The maximum Gasteiger partial charge on any atom is 0.417 e. The van der Waals surface area contributed by atoms with Gasteiger partial charge in [-0.25, -0.2) is 14.6 Å². The van der Waals surface area contributed by atoms with E-state index in [-0.39, 0.29) is 68.1 Å². The highest BCUT2D eigenvalue weighted by Gasteiger charge is 2.41. The second-order valence-electron chi connectivity index (χ2n) is 16.5. The number of carbonyl (C=O) groups is 4. The van der Waals surface area contributed by atoms with Crippen LogP contribution >= 0.6 is 34.8 Å². The van der Waals surface area contributed by atoms with Crippen LogP contribution in [0.4, 0.5) is 18.9 Å². The molecule has 4 heterocycles. The predicted octanol–water partition coefficient (Wildman–Crippen LogP) is 12.0. The Bertz CT molecular complexity index is 2870. The number of anilines is 1. The van der Waals surface area contributed by atoms with Crippen molar-refractivity contribution in [2.24, 2.45) is 5.92 Å². The number of aromatic carboxylic acids is 2. The Morgan fingerprint density at radius 2 is 1.55 bits per heavy atom. The molecular weight excluding hydrogens is 920 g/mol. The van der Waals surface area contributed by atoms with Crippen LogP contribution in [0.1, 0.15) is 110 Å². The monoisotopic (exact) mass is 960 g/mol. The summed E-state index contributed by atoms with van der Waals surface area (Å²) in [5, 5.41) is 21.8. The van der Waals surface area contributed by atoms with Gasteiger partial charge in [0.1, 0.15) is 5.75 Å². The quantitative estimate of drug-likeness (QED) is 0.103. The van der Waals surface area contributed by atoms with Gasteiger partial charge in [-0.15, -0.1) is 0 Å². The van der Waals surface area contributed by atoms with E-state index in [9.17, 15) is 42.6 Å². The Morgan fingerprint density at radius 3 is 2.21 bits per heavy atom. The summed E-state index contributed by atoms with van der Waals surface area (Å²) in [7, 11) is 1.61. The van der Waals surface area contributed by atoms with Crippen LogP contribution in [0.15, 0.2) is 89.8 Å². The summed E-state index contributed by atoms with van der Waals surface area (Å²) in [6.07, 6.45) is -0.804. The molecule has 66 heavy (non-hydrogen) atoms. The summed E-state index contributed by atoms with van der Waals surface area (Å²) in [5.74, 6) is -3.41. The van der Waals surface area contributed by atoms with Crippen LogP contribution in [0.25, 0.3) is 16.8 Å². The molecule has 4 aromatic carbocycles. The molecular formula is C49H42Cl3F3N4O7. The fraction of sp³-hybridized carbons (Fsp3) is 0.286. The van der Waals surface area contributed by atoms with Crippen molar-refractivity contribution < 1.29 is 47.3 Å². The molecule has 11 nitrogen and oxygen atoms in total. The average Bonchev–Trinajstić information content (AvgIpc) is 3.61. The first-order chi connectivity index (χ1) is 31.5. The number of rotatable bonds is 12. The molecule has 3 aliphatic heterocycles. The SMILES string of the molecule is CNc1cc(C2=C3CCC(COc4cc(Cl)c(C(=O)c5nc(-c6ccc(C(=O)O)cc6)c6n5CCCC6)c(Cl)c4)CN3C(C(=O)c3c(Cl)cccc3C(F)(F)F)=C(C)CC2)ccc1C(=O)O. The third-order valence-electron chi connectivity index (χ3n) is 12.4. The molecule has 3 N–H and O–H groups in total. The molecule has 1 fully saturated rings. The van der Waals surface area contributed by atoms with Crippen LogP contribution in [0.2, 0.25) is 15.1 Å². The van der Waals surface area contributed by atoms with Gasteiger partial charge in [0.05, 0.1) is 60.9 Å². The molecule has 17 heteroatoms. The molecule has 0 aliphatic carbocycles. The Balaban J connectivity index is 1.09. The van der Waals surface area contributed by atoms with Crippen LogP contribution in [0.3, 0.4) is 0 Å². The van der Waals surface area contributed by atoms with E-state index in [1.54, 1.807) is 43.1 Å². The van der Waals surface area contributed by atoms with E-state index < -0.39 is 40.8 Å². The zero-order valence-electron chi connectivity index (χ0n) is 35.6. The molecule has 3 aliphatic rings. The van der Waals surface area contributed by atoms with Gasteiger partial charge in [0.15, 0.2) is 5.82 Å². The predicted molar refractivity (Wildman–Crippen MR) is 245 cm³/mol. The number of alkyl halides is 3. The van der Waals surface area contributed by atoms with Crippen molar-refractivity contribution in [2.45, 2.75) is 64.6 Å². The van der Waals surface area contributed by atoms with Crippen molar-refractivity contribution in [3.63, 3.8) is 0 Å². The maximum absolute atomic E-state index is 14.6. The summed E-state index contributed by atoms with van der Waals surface area (Å²) in [4.78, 5) is 58.8. The number of halogens is 6. The molecule has 8 rings (SSSR count). The van der Waals surface area contributed by atoms with Crippen LogP contribution in [-0.4, -0.2) is 68.4 Å². The standard InChI is InChI=1S/C49H42Cl3F3N4O7/c1-25-9-16-31(29-15-17-32(48(64)65)37(20-29)56-2)38-18-10-26(23-59(38)43(25)44(60)40-33(49(53,54)55)6-5-7-34(40)50)24-66-30-21-35(51)41(36(52)22-30)45(61)46-57-42(39-8-3-4-19-58(39)46)27-11-13-28(14-12-27)47(62)63/h5-7,11-15,17,20-22,26,56H,3-4,8-10,16,18-19,23-24H2,1-2H3,(H,62,63)(H,64,65). The summed E-state index contributed by atoms with van der Waals surface area (Å²) in [6, 6.07) is 17.4. The van der Waals surface area contributed by atoms with Crippen molar-refractivity contribution in [3.8, 4) is 17.0 Å². The first-order valence-electron chi connectivity index (χ1n) is 21.2. The molecule has 1 saturated heterocycles. The molecule has 1 unspecified atom stereocenters. The van der Waals surface area contributed by atoms with Crippen molar-refractivity contribution >= 4 is 69.6 Å². The molecule has 0 spiro atoms. The van der Waals surface area contributed by atoms with Gasteiger partial charge in [-0.05, 0) is 117 Å². The smallest absolute Gasteiger partial charge is 0.417 e. The molecule has 0 bridgehead atoms. The minimum absolute atomic E-state index is 0.0237. The summed E-state index contributed by atoms with van der Waals surface area (Å²) in [6.45, 7) is 2.51. The number of imidazole rings is 1. The zero-order chi connectivity index (χ0) is 47.2. The number of ketones is 2. The molecule has 0 radical (unpaired) electrons. The van der Waals surface area contributed by atoms with E-state index in [0.717, 1.165) is 36.2 Å². The number of ether oxygens (including phenoxy) is 1. The lowest BCUT2D eigenvalue weighted by Crippen LogP contribution is -2.39. The fourth-order valence-corrected chi connectivity index (χ4v) is 10.1. The second-order valence-corrected chi connectivity index (χ2v) is 17.7. The highest BCUT2D eigenvalue weighted by atomic mass is 35.5. The summed E-state index contributed by atoms with van der Waals surface area (Å²) < 4.78 is 51.5. The Hall–Kier alpha value is -6.09. The van der Waals surface area contributed by atoms with Crippen molar-refractivity contribution in [3.05, 3.63) is 150 Å². The zero-order valence-corrected chi connectivity index (χ0v) is 37.9. The normalized spacial score (nSPS) is 16.4. The van der Waals surface area contributed by atoms with Crippen LogP contribution in [0, 0.1) is 5.92 Å². The lowest BCUT2D eigenvalue weighted by Gasteiger charge is -2.39.